The van der Waals surface area contributed by atoms with Crippen molar-refractivity contribution >= 4 is 50.9 Å². The summed E-state index contributed by atoms with van der Waals surface area (Å²) in [7, 11) is 1.78. The number of nitrogens with zero attached hydrogens (tertiary/aromatic N) is 4. The lowest BCUT2D eigenvalue weighted by Gasteiger charge is -2.10. The van der Waals surface area contributed by atoms with E-state index in [1.165, 1.54) is 0 Å². The van der Waals surface area contributed by atoms with Crippen molar-refractivity contribution in [3.63, 3.8) is 0 Å². The van der Waals surface area contributed by atoms with E-state index >= 15 is 0 Å². The zero-order valence-electron chi connectivity index (χ0n) is 18.4. The number of carbonyl (C=O) groups is 1. The molecule has 4 aromatic rings. The molecule has 0 aliphatic heterocycles. The zero-order valence-corrected chi connectivity index (χ0v) is 19.1. The molecule has 0 atom stereocenters. The monoisotopic (exact) mass is 479 g/mol. The third-order valence-corrected chi connectivity index (χ3v) is 4.92. The fraction of sp³-hybridized carbons (Fsp3) is 0.261. The number of rotatable bonds is 9. The van der Waals surface area contributed by atoms with E-state index in [0.717, 1.165) is 27.4 Å². The molecule has 1 amide bonds. The van der Waals surface area contributed by atoms with Crippen molar-refractivity contribution in [3.05, 3.63) is 47.8 Å². The smallest absolute Gasteiger partial charge is 0.251 e. The van der Waals surface area contributed by atoms with Gasteiger partial charge in [0.2, 0.25) is 0 Å². The average molecular weight is 480 g/mol. The number of alkyl halides is 1. The third-order valence-electron chi connectivity index (χ3n) is 4.77. The number of halogens is 1. The van der Waals surface area contributed by atoms with Crippen LogP contribution < -0.4 is 10.6 Å². The highest BCUT2D eigenvalue weighted by Gasteiger charge is 2.10. The number of H-pyrrole nitrogens is 1. The van der Waals surface area contributed by atoms with E-state index in [2.05, 4.69) is 47.9 Å². The molecule has 11 heteroatoms. The normalized spacial score (nSPS) is 10.8. The Hall–Kier alpha value is -3.78. The SMILES string of the molecule is CNc1ncc(C#Cc2ccc3nn[nH]c3c2)c2cc(NC(=O)COCCOCCCl)ncc12. The van der Waals surface area contributed by atoms with E-state index in [9.17, 15) is 4.79 Å². The van der Waals surface area contributed by atoms with Gasteiger partial charge in [0.25, 0.3) is 5.91 Å². The van der Waals surface area contributed by atoms with Gasteiger partial charge in [-0.3, -0.25) is 9.89 Å². The average Bonchev–Trinajstić information content (AvgIpc) is 3.32. The largest absolute Gasteiger partial charge is 0.378 e. The van der Waals surface area contributed by atoms with Crippen molar-refractivity contribution in [2.24, 2.45) is 0 Å². The van der Waals surface area contributed by atoms with Crippen molar-refractivity contribution in [1.82, 2.24) is 25.4 Å². The van der Waals surface area contributed by atoms with Crippen LogP contribution in [0.25, 0.3) is 21.8 Å². The molecule has 0 spiro atoms. The van der Waals surface area contributed by atoms with Gasteiger partial charge >= 0.3 is 0 Å². The summed E-state index contributed by atoms with van der Waals surface area (Å²) in [5.41, 5.74) is 3.08. The number of pyridine rings is 2. The lowest BCUT2D eigenvalue weighted by Crippen LogP contribution is -2.20. The molecule has 3 N–H and O–H groups in total. The lowest BCUT2D eigenvalue weighted by atomic mass is 10.1. The minimum atomic E-state index is -0.318. The Morgan fingerprint density at radius 2 is 1.97 bits per heavy atom. The second-order valence-corrected chi connectivity index (χ2v) is 7.46. The number of anilines is 2. The number of hydrogen-bond acceptors (Lipinski definition) is 8. The molecule has 0 aliphatic rings. The van der Waals surface area contributed by atoms with Gasteiger partial charge in [-0.1, -0.05) is 17.1 Å². The Morgan fingerprint density at radius 1 is 1.09 bits per heavy atom. The van der Waals surface area contributed by atoms with E-state index in [4.69, 9.17) is 21.1 Å². The van der Waals surface area contributed by atoms with Gasteiger partial charge in [-0.15, -0.1) is 16.7 Å². The molecule has 3 aromatic heterocycles. The Labute approximate surface area is 200 Å². The third kappa shape index (κ3) is 5.77. The number of benzene rings is 1. The first-order valence-corrected chi connectivity index (χ1v) is 11.0. The Balaban J connectivity index is 1.52. The van der Waals surface area contributed by atoms with Crippen LogP contribution >= 0.6 is 11.6 Å². The quantitative estimate of drug-likeness (QED) is 0.190. The molecule has 10 nitrogen and oxygen atoms in total. The van der Waals surface area contributed by atoms with Gasteiger partial charge in [0.1, 0.15) is 23.8 Å². The van der Waals surface area contributed by atoms with Crippen LogP contribution in [0.5, 0.6) is 0 Å². The van der Waals surface area contributed by atoms with Gasteiger partial charge in [-0.2, -0.15) is 0 Å². The summed E-state index contributed by atoms with van der Waals surface area (Å²) in [6, 6.07) is 7.38. The number of ether oxygens (including phenoxy) is 2. The number of hydrogen-bond donors (Lipinski definition) is 3. The maximum atomic E-state index is 12.2. The van der Waals surface area contributed by atoms with Crippen molar-refractivity contribution in [1.29, 1.82) is 0 Å². The molecular formula is C23H22ClN7O3. The van der Waals surface area contributed by atoms with Crippen LogP contribution in [0, 0.1) is 11.8 Å². The summed E-state index contributed by atoms with van der Waals surface area (Å²) in [5.74, 6) is 7.47. The van der Waals surface area contributed by atoms with E-state index in [1.54, 1.807) is 25.5 Å². The van der Waals surface area contributed by atoms with Crippen LogP contribution in [-0.4, -0.2) is 70.6 Å². The maximum absolute atomic E-state index is 12.2. The molecule has 34 heavy (non-hydrogen) atoms. The first-order chi connectivity index (χ1) is 16.7. The molecule has 0 saturated carbocycles. The van der Waals surface area contributed by atoms with E-state index in [0.29, 0.717) is 42.9 Å². The highest BCUT2D eigenvalue weighted by atomic mass is 35.5. The van der Waals surface area contributed by atoms with Gasteiger partial charge < -0.3 is 20.1 Å². The Bertz CT molecular complexity index is 1360. The van der Waals surface area contributed by atoms with Crippen LogP contribution in [0.15, 0.2) is 36.7 Å². The van der Waals surface area contributed by atoms with Gasteiger partial charge in [-0.05, 0) is 24.3 Å². The molecule has 1 aromatic carbocycles. The van der Waals surface area contributed by atoms with E-state index < -0.39 is 0 Å². The Morgan fingerprint density at radius 3 is 2.82 bits per heavy atom. The molecule has 0 unspecified atom stereocenters. The first-order valence-electron chi connectivity index (χ1n) is 10.5. The number of nitrogens with one attached hydrogen (secondary N) is 3. The first kappa shape index (κ1) is 23.4. The predicted molar refractivity (Wildman–Crippen MR) is 130 cm³/mol. The zero-order chi connectivity index (χ0) is 23.8. The summed E-state index contributed by atoms with van der Waals surface area (Å²) < 4.78 is 10.5. The molecule has 174 valence electrons. The molecule has 0 fully saturated rings. The molecule has 0 aliphatic carbocycles. The van der Waals surface area contributed by atoms with Crippen LogP contribution in [0.1, 0.15) is 11.1 Å². The maximum Gasteiger partial charge on any atom is 0.251 e. The summed E-state index contributed by atoms with van der Waals surface area (Å²) in [6.07, 6.45) is 3.34. The van der Waals surface area contributed by atoms with Crippen molar-refractivity contribution < 1.29 is 14.3 Å². The molecule has 3 heterocycles. The Kier molecular flexibility index (Phi) is 7.83. The van der Waals surface area contributed by atoms with Gasteiger partial charge in [0.05, 0.1) is 30.9 Å². The highest BCUT2D eigenvalue weighted by molar-refractivity contribution is 6.17. The standard InChI is InChI=1S/C23H22ClN7O3/c1-25-23-18-13-26-21(28-22(32)14-34-9-8-33-7-6-24)11-17(18)16(12-27-23)4-2-15-3-5-19-20(10-15)30-31-29-19/h3,5,10-13H,6-9,14H2,1H3,(H,25,27)(H,26,28,32)(H,29,30,31). The lowest BCUT2D eigenvalue weighted by molar-refractivity contribution is -0.121. The van der Waals surface area contributed by atoms with E-state index in [-0.39, 0.29) is 12.5 Å². The second-order valence-electron chi connectivity index (χ2n) is 7.08. The van der Waals surface area contributed by atoms with Crippen LogP contribution in [-0.2, 0) is 14.3 Å². The van der Waals surface area contributed by atoms with Crippen molar-refractivity contribution in [3.8, 4) is 11.8 Å². The minimum absolute atomic E-state index is 0.111. The van der Waals surface area contributed by atoms with Crippen molar-refractivity contribution in [2.45, 2.75) is 0 Å². The molecule has 4 rings (SSSR count). The van der Waals surface area contributed by atoms with Gasteiger partial charge in [0.15, 0.2) is 0 Å². The van der Waals surface area contributed by atoms with Crippen LogP contribution in [0.2, 0.25) is 0 Å². The fourth-order valence-corrected chi connectivity index (χ4v) is 3.29. The van der Waals surface area contributed by atoms with Crippen LogP contribution in [0.3, 0.4) is 0 Å². The fourth-order valence-electron chi connectivity index (χ4n) is 3.18. The number of amides is 1. The van der Waals surface area contributed by atoms with E-state index in [1.807, 2.05) is 18.2 Å². The number of aromatic amines is 1. The van der Waals surface area contributed by atoms with Crippen molar-refractivity contribution in [2.75, 3.05) is 50.0 Å². The molecule has 0 bridgehead atoms. The van der Waals surface area contributed by atoms with Crippen LogP contribution in [0.4, 0.5) is 11.6 Å². The number of aromatic nitrogens is 5. The molecule has 0 radical (unpaired) electrons. The second kappa shape index (κ2) is 11.4. The predicted octanol–water partition coefficient (Wildman–Crippen LogP) is 2.55. The highest BCUT2D eigenvalue weighted by Crippen LogP contribution is 2.25. The van der Waals surface area contributed by atoms with Gasteiger partial charge in [0, 0.05) is 41.7 Å². The summed E-state index contributed by atoms with van der Waals surface area (Å²) >= 11 is 5.54. The topological polar surface area (TPSA) is 127 Å². The molecular weight excluding hydrogens is 458 g/mol. The molecule has 0 saturated heterocycles. The summed E-state index contributed by atoms with van der Waals surface area (Å²) in [5, 5.41) is 18.0. The number of carbonyl (C=O) groups excluding carboxylic acids is 1. The summed E-state index contributed by atoms with van der Waals surface area (Å²) in [6.45, 7) is 1.01. The summed E-state index contributed by atoms with van der Waals surface area (Å²) in [4.78, 5) is 21.0. The minimum Gasteiger partial charge on any atom is -0.378 e. The number of fused-ring (bicyclic) bond motifs is 2. The van der Waals surface area contributed by atoms with Gasteiger partial charge in [-0.25, -0.2) is 9.97 Å².